The molecule has 1 aliphatic rings. The summed E-state index contributed by atoms with van der Waals surface area (Å²) in [5, 5.41) is 12.4. The van der Waals surface area contributed by atoms with Crippen molar-refractivity contribution >= 4 is 12.1 Å². The first-order valence-electron chi connectivity index (χ1n) is 6.75. The summed E-state index contributed by atoms with van der Waals surface area (Å²) >= 11 is 0. The number of ether oxygens (including phenoxy) is 2. The van der Waals surface area contributed by atoms with E-state index in [0.29, 0.717) is 0 Å². The molecule has 0 aromatic heterocycles. The van der Waals surface area contributed by atoms with Gasteiger partial charge in [-0.3, -0.25) is 4.79 Å². The van der Waals surface area contributed by atoms with Gasteiger partial charge in [0.1, 0.15) is 5.60 Å². The van der Waals surface area contributed by atoms with E-state index in [4.69, 9.17) is 9.47 Å². The molecule has 0 aliphatic heterocycles. The van der Waals surface area contributed by atoms with Crippen molar-refractivity contribution in [2.24, 2.45) is 5.92 Å². The van der Waals surface area contributed by atoms with Crippen LogP contribution in [0.1, 0.15) is 34.1 Å². The second kappa shape index (κ2) is 6.74. The predicted molar refractivity (Wildman–Crippen MR) is 73.0 cm³/mol. The van der Waals surface area contributed by atoms with Gasteiger partial charge in [0.15, 0.2) is 0 Å². The van der Waals surface area contributed by atoms with E-state index in [1.165, 1.54) is 6.08 Å². The van der Waals surface area contributed by atoms with Crippen LogP contribution in [0.5, 0.6) is 0 Å². The van der Waals surface area contributed by atoms with Crippen molar-refractivity contribution < 1.29 is 24.2 Å². The van der Waals surface area contributed by atoms with E-state index in [2.05, 4.69) is 5.32 Å². The molecule has 0 radical (unpaired) electrons. The van der Waals surface area contributed by atoms with Gasteiger partial charge in [0.25, 0.3) is 0 Å². The SMILES string of the molecule is CCOC(=O)[C@@H]1C[C@H](NC(=O)OC(C)(C)C)C=C[C@H]1O. The summed E-state index contributed by atoms with van der Waals surface area (Å²) in [4.78, 5) is 23.4. The lowest BCUT2D eigenvalue weighted by molar-refractivity contribution is -0.151. The van der Waals surface area contributed by atoms with E-state index in [1.807, 2.05) is 0 Å². The van der Waals surface area contributed by atoms with Gasteiger partial charge in [-0.2, -0.15) is 0 Å². The highest BCUT2D eigenvalue weighted by atomic mass is 16.6. The molecule has 0 aromatic carbocycles. The Labute approximate surface area is 119 Å². The highest BCUT2D eigenvalue weighted by Gasteiger charge is 2.33. The monoisotopic (exact) mass is 285 g/mol. The fourth-order valence-corrected chi connectivity index (χ4v) is 1.92. The normalized spacial score (nSPS) is 25.9. The Kier molecular flexibility index (Phi) is 5.56. The molecule has 0 aromatic rings. The van der Waals surface area contributed by atoms with Crippen LogP contribution in [0.3, 0.4) is 0 Å². The van der Waals surface area contributed by atoms with E-state index >= 15 is 0 Å². The van der Waals surface area contributed by atoms with Gasteiger partial charge in [-0.15, -0.1) is 0 Å². The molecular formula is C14H23NO5. The van der Waals surface area contributed by atoms with E-state index in [1.54, 1.807) is 33.8 Å². The lowest BCUT2D eigenvalue weighted by Gasteiger charge is -2.28. The van der Waals surface area contributed by atoms with E-state index in [9.17, 15) is 14.7 Å². The van der Waals surface area contributed by atoms with Gasteiger partial charge in [0.2, 0.25) is 0 Å². The van der Waals surface area contributed by atoms with Crippen LogP contribution in [0.2, 0.25) is 0 Å². The summed E-state index contributed by atoms with van der Waals surface area (Å²) in [6.07, 6.45) is 2.00. The minimum Gasteiger partial charge on any atom is -0.466 e. The molecule has 0 heterocycles. The lowest BCUT2D eigenvalue weighted by atomic mass is 9.88. The number of hydrogen-bond donors (Lipinski definition) is 2. The molecule has 1 rings (SSSR count). The van der Waals surface area contributed by atoms with Gasteiger partial charge in [-0.25, -0.2) is 4.79 Å². The molecule has 114 valence electrons. The third-order valence-corrected chi connectivity index (χ3v) is 2.75. The van der Waals surface area contributed by atoms with Gasteiger partial charge >= 0.3 is 12.1 Å². The Hall–Kier alpha value is -1.56. The minimum atomic E-state index is -0.884. The Morgan fingerprint density at radius 2 is 2.00 bits per heavy atom. The maximum absolute atomic E-state index is 11.7. The molecule has 0 unspecified atom stereocenters. The summed E-state index contributed by atoms with van der Waals surface area (Å²) < 4.78 is 10.1. The molecule has 6 nitrogen and oxygen atoms in total. The first kappa shape index (κ1) is 16.5. The maximum Gasteiger partial charge on any atom is 0.408 e. The van der Waals surface area contributed by atoms with E-state index in [-0.39, 0.29) is 19.1 Å². The summed E-state index contributed by atoms with van der Waals surface area (Å²) in [5.41, 5.74) is -0.581. The first-order chi connectivity index (χ1) is 9.23. The van der Waals surface area contributed by atoms with Crippen LogP contribution in [0.4, 0.5) is 4.79 Å². The van der Waals surface area contributed by atoms with Gasteiger partial charge in [-0.1, -0.05) is 12.2 Å². The fraction of sp³-hybridized carbons (Fsp3) is 0.714. The smallest absolute Gasteiger partial charge is 0.408 e. The number of esters is 1. The van der Waals surface area contributed by atoms with Crippen LogP contribution in [0, 0.1) is 5.92 Å². The van der Waals surface area contributed by atoms with Crippen LogP contribution < -0.4 is 5.32 Å². The largest absolute Gasteiger partial charge is 0.466 e. The Morgan fingerprint density at radius 3 is 2.55 bits per heavy atom. The van der Waals surface area contributed by atoms with Crippen LogP contribution in [0.25, 0.3) is 0 Å². The lowest BCUT2D eigenvalue weighted by Crippen LogP contribution is -2.44. The van der Waals surface area contributed by atoms with Crippen molar-refractivity contribution in [2.45, 2.75) is 51.9 Å². The average Bonchev–Trinajstić information content (AvgIpc) is 2.29. The third kappa shape index (κ3) is 5.21. The van der Waals surface area contributed by atoms with Crippen LogP contribution in [0.15, 0.2) is 12.2 Å². The van der Waals surface area contributed by atoms with Crippen molar-refractivity contribution in [2.75, 3.05) is 6.61 Å². The fourth-order valence-electron chi connectivity index (χ4n) is 1.92. The summed E-state index contributed by atoms with van der Waals surface area (Å²) in [6.45, 7) is 7.28. The number of hydrogen-bond acceptors (Lipinski definition) is 5. The second-order valence-electron chi connectivity index (χ2n) is 5.72. The number of carbonyl (C=O) groups excluding carboxylic acids is 2. The van der Waals surface area contributed by atoms with Gasteiger partial charge in [0.05, 0.1) is 24.7 Å². The summed E-state index contributed by atoms with van der Waals surface area (Å²) in [6, 6.07) is -0.359. The summed E-state index contributed by atoms with van der Waals surface area (Å²) in [7, 11) is 0. The highest BCUT2D eigenvalue weighted by molar-refractivity contribution is 5.74. The first-order valence-corrected chi connectivity index (χ1v) is 6.75. The number of carbonyl (C=O) groups is 2. The second-order valence-corrected chi connectivity index (χ2v) is 5.72. The number of aliphatic hydroxyl groups excluding tert-OH is 1. The number of amides is 1. The Bertz CT molecular complexity index is 386. The van der Waals surface area contributed by atoms with Crippen molar-refractivity contribution in [3.8, 4) is 0 Å². The number of alkyl carbamates (subject to hydrolysis) is 1. The summed E-state index contributed by atoms with van der Waals surface area (Å²) in [5.74, 6) is -1.12. The molecule has 0 saturated heterocycles. The molecule has 0 fully saturated rings. The standard InChI is InChI=1S/C14H23NO5/c1-5-19-12(17)10-8-9(6-7-11(10)16)15-13(18)20-14(2,3)4/h6-7,9-11,16H,5,8H2,1-4H3,(H,15,18)/t9-,10-,11-/m1/s1. The Balaban J connectivity index is 2.59. The minimum absolute atomic E-state index is 0.260. The van der Waals surface area contributed by atoms with Crippen LogP contribution in [-0.4, -0.2) is 41.5 Å². The number of rotatable bonds is 3. The van der Waals surface area contributed by atoms with Gasteiger partial charge in [-0.05, 0) is 34.1 Å². The zero-order chi connectivity index (χ0) is 15.3. The number of aliphatic hydroxyl groups is 1. The average molecular weight is 285 g/mol. The quantitative estimate of drug-likeness (QED) is 0.604. The molecule has 0 bridgehead atoms. The van der Waals surface area contributed by atoms with Crippen LogP contribution >= 0.6 is 0 Å². The van der Waals surface area contributed by atoms with Crippen molar-refractivity contribution in [3.05, 3.63) is 12.2 Å². The Morgan fingerprint density at radius 1 is 1.35 bits per heavy atom. The third-order valence-electron chi connectivity index (χ3n) is 2.75. The maximum atomic E-state index is 11.7. The molecule has 1 amide bonds. The zero-order valence-electron chi connectivity index (χ0n) is 12.4. The van der Waals surface area contributed by atoms with Gasteiger partial charge < -0.3 is 19.9 Å². The molecule has 6 heteroatoms. The molecule has 20 heavy (non-hydrogen) atoms. The topological polar surface area (TPSA) is 84.9 Å². The zero-order valence-corrected chi connectivity index (χ0v) is 12.4. The van der Waals surface area contributed by atoms with Gasteiger partial charge in [0, 0.05) is 0 Å². The molecular weight excluding hydrogens is 262 g/mol. The van der Waals surface area contributed by atoms with Crippen molar-refractivity contribution in [1.29, 1.82) is 0 Å². The van der Waals surface area contributed by atoms with Crippen LogP contribution in [-0.2, 0) is 14.3 Å². The van der Waals surface area contributed by atoms with Crippen molar-refractivity contribution in [1.82, 2.24) is 5.32 Å². The van der Waals surface area contributed by atoms with E-state index < -0.39 is 29.7 Å². The van der Waals surface area contributed by atoms with Crippen molar-refractivity contribution in [3.63, 3.8) is 0 Å². The predicted octanol–water partition coefficient (Wildman–Crippen LogP) is 1.38. The number of nitrogens with one attached hydrogen (secondary N) is 1. The molecule has 2 N–H and O–H groups in total. The molecule has 0 spiro atoms. The van der Waals surface area contributed by atoms with E-state index in [0.717, 1.165) is 0 Å². The molecule has 1 aliphatic carbocycles. The molecule has 3 atom stereocenters. The molecule has 0 saturated carbocycles. The highest BCUT2D eigenvalue weighted by Crippen LogP contribution is 2.21.